The van der Waals surface area contributed by atoms with Gasteiger partial charge < -0.3 is 5.73 Å². The number of nitrogens with two attached hydrogens (primary N) is 1. The van der Waals surface area contributed by atoms with Gasteiger partial charge in [0.05, 0.1) is 18.3 Å². The molecule has 0 bridgehead atoms. The Hall–Kier alpha value is -1.75. The molecule has 1 aromatic carbocycles. The average molecular weight is 279 g/mol. The summed E-state index contributed by atoms with van der Waals surface area (Å²) in [6.45, 7) is 4.45. The standard InChI is InChI=1S/C15H19F2N3/c1-3-11-8-12(4-2)20(19-11)9-15(18)13-6-5-10(16)7-14(13)17/h5-8,15H,3-4,9,18H2,1-2H3. The quantitative estimate of drug-likeness (QED) is 0.914. The number of aryl methyl sites for hydroxylation is 2. The molecule has 1 atom stereocenters. The Kier molecular flexibility index (Phi) is 4.49. The van der Waals surface area contributed by atoms with Crippen LogP contribution in [0.15, 0.2) is 24.3 Å². The summed E-state index contributed by atoms with van der Waals surface area (Å²) >= 11 is 0. The summed E-state index contributed by atoms with van der Waals surface area (Å²) in [6.07, 6.45) is 1.69. The van der Waals surface area contributed by atoms with Crippen molar-refractivity contribution in [1.29, 1.82) is 0 Å². The van der Waals surface area contributed by atoms with E-state index in [2.05, 4.69) is 5.10 Å². The fourth-order valence-corrected chi connectivity index (χ4v) is 2.22. The number of rotatable bonds is 5. The maximum atomic E-state index is 13.7. The minimum absolute atomic E-state index is 0.307. The van der Waals surface area contributed by atoms with Gasteiger partial charge in [0.2, 0.25) is 0 Å². The third-order valence-electron chi connectivity index (χ3n) is 3.37. The summed E-state index contributed by atoms with van der Waals surface area (Å²) in [4.78, 5) is 0. The highest BCUT2D eigenvalue weighted by atomic mass is 19.1. The molecule has 3 nitrogen and oxygen atoms in total. The second-order valence-corrected chi connectivity index (χ2v) is 4.79. The minimum Gasteiger partial charge on any atom is -0.322 e. The van der Waals surface area contributed by atoms with Crippen LogP contribution in [-0.4, -0.2) is 9.78 Å². The maximum absolute atomic E-state index is 13.7. The van der Waals surface area contributed by atoms with Gasteiger partial charge in [-0.3, -0.25) is 4.68 Å². The molecule has 0 amide bonds. The van der Waals surface area contributed by atoms with Gasteiger partial charge >= 0.3 is 0 Å². The lowest BCUT2D eigenvalue weighted by atomic mass is 10.1. The summed E-state index contributed by atoms with van der Waals surface area (Å²) in [5.41, 5.74) is 8.40. The predicted molar refractivity (Wildman–Crippen MR) is 74.3 cm³/mol. The van der Waals surface area contributed by atoms with Gasteiger partial charge in [-0.15, -0.1) is 0 Å². The molecule has 1 heterocycles. The summed E-state index contributed by atoms with van der Waals surface area (Å²) in [6, 6.07) is 4.96. The molecular weight excluding hydrogens is 260 g/mol. The SMILES string of the molecule is CCc1cc(CC)n(CC(N)c2ccc(F)cc2F)n1. The summed E-state index contributed by atoms with van der Waals surface area (Å²) < 4.78 is 28.4. The number of aromatic nitrogens is 2. The highest BCUT2D eigenvalue weighted by Gasteiger charge is 2.15. The number of halogens is 2. The van der Waals surface area contributed by atoms with Crippen LogP contribution in [0.25, 0.3) is 0 Å². The fourth-order valence-electron chi connectivity index (χ4n) is 2.22. The Balaban J connectivity index is 2.22. The molecule has 1 aromatic heterocycles. The molecule has 0 aliphatic rings. The van der Waals surface area contributed by atoms with Gasteiger partial charge in [0.15, 0.2) is 0 Å². The Morgan fingerprint density at radius 2 is 1.95 bits per heavy atom. The molecule has 0 fully saturated rings. The molecular formula is C15H19F2N3. The van der Waals surface area contributed by atoms with E-state index in [0.717, 1.165) is 30.3 Å². The van der Waals surface area contributed by atoms with Crippen LogP contribution in [0.2, 0.25) is 0 Å². The van der Waals surface area contributed by atoms with E-state index in [1.54, 1.807) is 0 Å². The molecule has 2 N–H and O–H groups in total. The van der Waals surface area contributed by atoms with E-state index in [9.17, 15) is 8.78 Å². The highest BCUT2D eigenvalue weighted by Crippen LogP contribution is 2.19. The van der Waals surface area contributed by atoms with Gasteiger partial charge in [0.25, 0.3) is 0 Å². The number of hydrogen-bond donors (Lipinski definition) is 1. The maximum Gasteiger partial charge on any atom is 0.130 e. The van der Waals surface area contributed by atoms with Crippen LogP contribution in [0.3, 0.4) is 0 Å². The van der Waals surface area contributed by atoms with Crippen molar-refractivity contribution < 1.29 is 8.78 Å². The van der Waals surface area contributed by atoms with E-state index in [1.165, 1.54) is 12.1 Å². The smallest absolute Gasteiger partial charge is 0.130 e. The van der Waals surface area contributed by atoms with Crippen LogP contribution in [0.5, 0.6) is 0 Å². The van der Waals surface area contributed by atoms with Crippen molar-refractivity contribution >= 4 is 0 Å². The molecule has 2 aromatic rings. The second-order valence-electron chi connectivity index (χ2n) is 4.79. The second kappa shape index (κ2) is 6.13. The summed E-state index contributed by atoms with van der Waals surface area (Å²) in [5.74, 6) is -1.21. The summed E-state index contributed by atoms with van der Waals surface area (Å²) in [7, 11) is 0. The van der Waals surface area contributed by atoms with E-state index in [-0.39, 0.29) is 0 Å². The van der Waals surface area contributed by atoms with Crippen molar-refractivity contribution in [3.63, 3.8) is 0 Å². The Labute approximate surface area is 117 Å². The van der Waals surface area contributed by atoms with Gasteiger partial charge in [-0.25, -0.2) is 8.78 Å². The molecule has 5 heteroatoms. The van der Waals surface area contributed by atoms with Crippen molar-refractivity contribution in [3.8, 4) is 0 Å². The van der Waals surface area contributed by atoms with E-state index >= 15 is 0 Å². The van der Waals surface area contributed by atoms with Crippen LogP contribution in [0, 0.1) is 11.6 Å². The lowest BCUT2D eigenvalue weighted by Crippen LogP contribution is -2.21. The first-order chi connectivity index (χ1) is 9.55. The monoisotopic (exact) mass is 279 g/mol. The molecule has 2 rings (SSSR count). The fraction of sp³-hybridized carbons (Fsp3) is 0.400. The van der Waals surface area contributed by atoms with Gasteiger partial charge in [-0.05, 0) is 25.0 Å². The van der Waals surface area contributed by atoms with Crippen molar-refractivity contribution in [2.75, 3.05) is 0 Å². The highest BCUT2D eigenvalue weighted by molar-refractivity contribution is 5.22. The third kappa shape index (κ3) is 3.04. The van der Waals surface area contributed by atoms with E-state index < -0.39 is 17.7 Å². The Bertz CT molecular complexity index is 593. The van der Waals surface area contributed by atoms with E-state index in [4.69, 9.17) is 5.73 Å². The summed E-state index contributed by atoms with van der Waals surface area (Å²) in [5, 5.41) is 4.45. The zero-order valence-corrected chi connectivity index (χ0v) is 11.7. The normalized spacial score (nSPS) is 12.7. The molecule has 0 radical (unpaired) electrons. The molecule has 1 unspecified atom stereocenters. The topological polar surface area (TPSA) is 43.8 Å². The Morgan fingerprint density at radius 3 is 2.55 bits per heavy atom. The van der Waals surface area contributed by atoms with Crippen molar-refractivity contribution in [2.45, 2.75) is 39.3 Å². The first kappa shape index (κ1) is 14.7. The number of benzene rings is 1. The largest absolute Gasteiger partial charge is 0.322 e. The molecule has 0 aliphatic heterocycles. The van der Waals surface area contributed by atoms with Gasteiger partial charge in [-0.2, -0.15) is 5.10 Å². The molecule has 0 saturated heterocycles. The lowest BCUT2D eigenvalue weighted by molar-refractivity contribution is 0.483. The number of hydrogen-bond acceptors (Lipinski definition) is 2. The minimum atomic E-state index is -0.613. The van der Waals surface area contributed by atoms with E-state index in [1.807, 2.05) is 24.6 Å². The van der Waals surface area contributed by atoms with Crippen LogP contribution in [0.1, 0.15) is 36.8 Å². The zero-order chi connectivity index (χ0) is 14.7. The van der Waals surface area contributed by atoms with Gasteiger partial charge in [0, 0.05) is 17.3 Å². The molecule has 20 heavy (non-hydrogen) atoms. The van der Waals surface area contributed by atoms with Crippen molar-refractivity contribution in [3.05, 3.63) is 52.9 Å². The molecule has 0 spiro atoms. The third-order valence-corrected chi connectivity index (χ3v) is 3.37. The van der Waals surface area contributed by atoms with Gasteiger partial charge in [0.1, 0.15) is 11.6 Å². The zero-order valence-electron chi connectivity index (χ0n) is 11.7. The predicted octanol–water partition coefficient (Wildman–Crippen LogP) is 2.99. The Morgan fingerprint density at radius 1 is 1.20 bits per heavy atom. The first-order valence-corrected chi connectivity index (χ1v) is 6.81. The lowest BCUT2D eigenvalue weighted by Gasteiger charge is -2.15. The van der Waals surface area contributed by atoms with E-state index in [0.29, 0.717) is 12.1 Å². The van der Waals surface area contributed by atoms with Crippen LogP contribution >= 0.6 is 0 Å². The van der Waals surface area contributed by atoms with Gasteiger partial charge in [-0.1, -0.05) is 19.9 Å². The molecule has 108 valence electrons. The van der Waals surface area contributed by atoms with Crippen molar-refractivity contribution in [1.82, 2.24) is 9.78 Å². The van der Waals surface area contributed by atoms with Crippen LogP contribution in [0.4, 0.5) is 8.78 Å². The van der Waals surface area contributed by atoms with Crippen molar-refractivity contribution in [2.24, 2.45) is 5.73 Å². The molecule has 0 saturated carbocycles. The molecule has 0 aliphatic carbocycles. The van der Waals surface area contributed by atoms with Crippen LogP contribution in [-0.2, 0) is 19.4 Å². The first-order valence-electron chi connectivity index (χ1n) is 6.81. The number of nitrogens with zero attached hydrogens (tertiary/aromatic N) is 2. The van der Waals surface area contributed by atoms with Crippen LogP contribution < -0.4 is 5.73 Å². The average Bonchev–Trinajstić information content (AvgIpc) is 2.80.